The summed E-state index contributed by atoms with van der Waals surface area (Å²) in [5, 5.41) is 3.90. The molecule has 0 spiro atoms. The lowest BCUT2D eigenvalue weighted by Crippen LogP contribution is -2.41. The molecule has 3 rings (SSSR count). The molecule has 8 heteroatoms. The van der Waals surface area contributed by atoms with Crippen LogP contribution in [0.15, 0.2) is 47.0 Å². The summed E-state index contributed by atoms with van der Waals surface area (Å²) in [6.45, 7) is 5.84. The number of nitrogens with zero attached hydrogens (tertiary/aromatic N) is 1. The molecule has 0 fully saturated rings. The number of carbonyl (C=O) groups excluding carboxylic acids is 2. The van der Waals surface area contributed by atoms with E-state index in [2.05, 4.69) is 16.0 Å². The van der Waals surface area contributed by atoms with E-state index in [1.807, 2.05) is 32.9 Å². The predicted octanol–water partition coefficient (Wildman–Crippen LogP) is 3.26. The number of hydrogen-bond acceptors (Lipinski definition) is 6. The van der Waals surface area contributed by atoms with E-state index in [9.17, 15) is 9.59 Å². The van der Waals surface area contributed by atoms with Gasteiger partial charge in [0.05, 0.1) is 18.4 Å². The Labute approximate surface area is 174 Å². The molecular weight excluding hydrogens is 386 g/mol. The molecule has 1 aromatic heterocycles. The van der Waals surface area contributed by atoms with Crippen molar-refractivity contribution in [2.24, 2.45) is 0 Å². The summed E-state index contributed by atoms with van der Waals surface area (Å²) in [6, 6.07) is 11.8. The first kappa shape index (κ1) is 20.9. The summed E-state index contributed by atoms with van der Waals surface area (Å²) in [6.07, 6.45) is 0. The van der Waals surface area contributed by atoms with Crippen LogP contribution in [0.4, 0.5) is 0 Å². The van der Waals surface area contributed by atoms with Gasteiger partial charge in [-0.05, 0) is 51.1 Å². The van der Waals surface area contributed by atoms with Crippen molar-refractivity contribution in [3.8, 4) is 11.5 Å². The SMILES string of the molecule is COc1cc(C(=O)NNC(=O)c2ccc(C)cc2)ccc1OCc1c(C)noc1C. The Hall–Kier alpha value is -3.81. The minimum Gasteiger partial charge on any atom is -0.493 e. The van der Waals surface area contributed by atoms with Crippen molar-refractivity contribution in [3.05, 3.63) is 76.2 Å². The van der Waals surface area contributed by atoms with E-state index in [1.165, 1.54) is 13.2 Å². The van der Waals surface area contributed by atoms with Crippen LogP contribution in [-0.4, -0.2) is 24.1 Å². The third-order valence-electron chi connectivity index (χ3n) is 4.58. The van der Waals surface area contributed by atoms with Gasteiger partial charge in [0.2, 0.25) is 0 Å². The molecule has 2 amide bonds. The van der Waals surface area contributed by atoms with Gasteiger partial charge in [0.25, 0.3) is 11.8 Å². The molecule has 0 radical (unpaired) electrons. The lowest BCUT2D eigenvalue weighted by atomic mass is 10.1. The summed E-state index contributed by atoms with van der Waals surface area (Å²) in [4.78, 5) is 24.5. The first-order valence-corrected chi connectivity index (χ1v) is 9.29. The number of hydrogen-bond donors (Lipinski definition) is 2. The number of aryl methyl sites for hydroxylation is 3. The molecule has 0 bridgehead atoms. The van der Waals surface area contributed by atoms with Gasteiger partial charge in [-0.25, -0.2) is 0 Å². The fourth-order valence-corrected chi connectivity index (χ4v) is 2.75. The largest absolute Gasteiger partial charge is 0.493 e. The molecule has 30 heavy (non-hydrogen) atoms. The van der Waals surface area contributed by atoms with E-state index in [1.54, 1.807) is 24.3 Å². The van der Waals surface area contributed by atoms with E-state index in [0.29, 0.717) is 28.4 Å². The monoisotopic (exact) mass is 409 g/mol. The molecule has 0 aliphatic heterocycles. The minimum absolute atomic E-state index is 0.260. The van der Waals surface area contributed by atoms with E-state index in [0.717, 1.165) is 16.8 Å². The number of hydrazine groups is 1. The Bertz CT molecular complexity index is 1040. The zero-order chi connectivity index (χ0) is 21.7. The third-order valence-corrected chi connectivity index (χ3v) is 4.58. The Morgan fingerprint density at radius 1 is 0.933 bits per heavy atom. The van der Waals surface area contributed by atoms with Crippen molar-refractivity contribution in [1.82, 2.24) is 16.0 Å². The highest BCUT2D eigenvalue weighted by Crippen LogP contribution is 2.29. The topological polar surface area (TPSA) is 103 Å². The molecule has 1 heterocycles. The summed E-state index contributed by atoms with van der Waals surface area (Å²) in [7, 11) is 1.49. The van der Waals surface area contributed by atoms with Crippen LogP contribution in [0.5, 0.6) is 11.5 Å². The molecule has 0 aliphatic carbocycles. The number of benzene rings is 2. The van der Waals surface area contributed by atoms with Crippen molar-refractivity contribution in [2.45, 2.75) is 27.4 Å². The molecular formula is C22H23N3O5. The van der Waals surface area contributed by atoms with Crippen LogP contribution in [0.25, 0.3) is 0 Å². The average Bonchev–Trinajstić information content (AvgIpc) is 3.07. The van der Waals surface area contributed by atoms with Crippen LogP contribution in [0.1, 0.15) is 43.3 Å². The van der Waals surface area contributed by atoms with Gasteiger partial charge in [-0.1, -0.05) is 22.9 Å². The number of methoxy groups -OCH3 is 1. The van der Waals surface area contributed by atoms with Gasteiger partial charge in [-0.2, -0.15) is 0 Å². The number of aromatic nitrogens is 1. The van der Waals surface area contributed by atoms with Gasteiger partial charge in [0.15, 0.2) is 11.5 Å². The van der Waals surface area contributed by atoms with Crippen molar-refractivity contribution in [3.63, 3.8) is 0 Å². The number of nitrogens with one attached hydrogen (secondary N) is 2. The summed E-state index contributed by atoms with van der Waals surface area (Å²) in [5.74, 6) is 0.657. The number of carbonyl (C=O) groups is 2. The van der Waals surface area contributed by atoms with E-state index in [4.69, 9.17) is 14.0 Å². The number of rotatable bonds is 6. The van der Waals surface area contributed by atoms with Gasteiger partial charge >= 0.3 is 0 Å². The minimum atomic E-state index is -0.481. The van der Waals surface area contributed by atoms with Gasteiger partial charge in [0.1, 0.15) is 12.4 Å². The molecule has 0 atom stereocenters. The maximum atomic E-state index is 12.4. The smallest absolute Gasteiger partial charge is 0.269 e. The van der Waals surface area contributed by atoms with Gasteiger partial charge in [-0.15, -0.1) is 0 Å². The second-order valence-electron chi connectivity index (χ2n) is 6.73. The first-order valence-electron chi connectivity index (χ1n) is 9.29. The van der Waals surface area contributed by atoms with E-state index >= 15 is 0 Å². The fraction of sp³-hybridized carbons (Fsp3) is 0.227. The molecule has 2 N–H and O–H groups in total. The highest BCUT2D eigenvalue weighted by Gasteiger charge is 2.15. The molecule has 156 valence electrons. The van der Waals surface area contributed by atoms with Crippen LogP contribution in [0.3, 0.4) is 0 Å². The van der Waals surface area contributed by atoms with Crippen molar-refractivity contribution < 1.29 is 23.6 Å². The van der Waals surface area contributed by atoms with Gasteiger partial charge in [0, 0.05) is 11.1 Å². The molecule has 3 aromatic rings. The maximum Gasteiger partial charge on any atom is 0.269 e. The summed E-state index contributed by atoms with van der Waals surface area (Å²) >= 11 is 0. The molecule has 0 saturated heterocycles. The standard InChI is InChI=1S/C22H23N3O5/c1-13-5-7-16(8-6-13)21(26)23-24-22(27)17-9-10-19(20(11-17)28-4)29-12-18-14(2)25-30-15(18)3/h5-11H,12H2,1-4H3,(H,23,26)(H,24,27). The Morgan fingerprint density at radius 3 is 2.17 bits per heavy atom. The predicted molar refractivity (Wildman–Crippen MR) is 109 cm³/mol. The number of ether oxygens (including phenoxy) is 2. The second kappa shape index (κ2) is 9.13. The van der Waals surface area contributed by atoms with Crippen LogP contribution < -0.4 is 20.3 Å². The average molecular weight is 409 g/mol. The van der Waals surface area contributed by atoms with Crippen molar-refractivity contribution in [2.75, 3.05) is 7.11 Å². The summed E-state index contributed by atoms with van der Waals surface area (Å²) in [5.41, 5.74) is 8.20. The third kappa shape index (κ3) is 4.78. The zero-order valence-corrected chi connectivity index (χ0v) is 17.2. The normalized spacial score (nSPS) is 10.4. The number of amides is 2. The van der Waals surface area contributed by atoms with Gasteiger partial charge < -0.3 is 14.0 Å². The molecule has 0 aliphatic rings. The van der Waals surface area contributed by atoms with Crippen LogP contribution >= 0.6 is 0 Å². The lowest BCUT2D eigenvalue weighted by molar-refractivity contribution is 0.0846. The van der Waals surface area contributed by atoms with Crippen LogP contribution in [-0.2, 0) is 6.61 Å². The molecule has 0 saturated carbocycles. The van der Waals surface area contributed by atoms with Crippen LogP contribution in [0, 0.1) is 20.8 Å². The first-order chi connectivity index (χ1) is 14.4. The Kier molecular flexibility index (Phi) is 6.36. The van der Waals surface area contributed by atoms with Gasteiger partial charge in [-0.3, -0.25) is 20.4 Å². The van der Waals surface area contributed by atoms with E-state index < -0.39 is 11.8 Å². The molecule has 2 aromatic carbocycles. The lowest BCUT2D eigenvalue weighted by Gasteiger charge is -2.13. The molecule has 8 nitrogen and oxygen atoms in total. The Morgan fingerprint density at radius 2 is 1.57 bits per heavy atom. The fourth-order valence-electron chi connectivity index (χ4n) is 2.75. The second-order valence-corrected chi connectivity index (χ2v) is 6.73. The van der Waals surface area contributed by atoms with Crippen molar-refractivity contribution >= 4 is 11.8 Å². The Balaban J connectivity index is 1.63. The quantitative estimate of drug-likeness (QED) is 0.606. The maximum absolute atomic E-state index is 12.4. The highest BCUT2D eigenvalue weighted by atomic mass is 16.5. The molecule has 0 unspecified atom stereocenters. The van der Waals surface area contributed by atoms with Crippen LogP contribution in [0.2, 0.25) is 0 Å². The van der Waals surface area contributed by atoms with E-state index in [-0.39, 0.29) is 6.61 Å². The summed E-state index contributed by atoms with van der Waals surface area (Å²) < 4.78 is 16.3. The zero-order valence-electron chi connectivity index (χ0n) is 17.2. The highest BCUT2D eigenvalue weighted by molar-refractivity contribution is 5.99. The van der Waals surface area contributed by atoms with Crippen molar-refractivity contribution in [1.29, 1.82) is 0 Å².